The predicted octanol–water partition coefficient (Wildman–Crippen LogP) is 2.56. The van der Waals surface area contributed by atoms with E-state index in [-0.39, 0.29) is 0 Å². The minimum atomic E-state index is 0.683. The number of pyridine rings is 1. The molecule has 0 atom stereocenters. The van der Waals surface area contributed by atoms with E-state index in [0.29, 0.717) is 11.4 Å². The molecule has 5 heteroatoms. The Kier molecular flexibility index (Phi) is 3.14. The minimum Gasteiger partial charge on any atom is -0.445 e. The maximum absolute atomic E-state index is 5.79. The molecular formula is C11H13N3OS. The third-order valence-electron chi connectivity index (χ3n) is 2.23. The number of hydrogen-bond acceptors (Lipinski definition) is 5. The van der Waals surface area contributed by atoms with Crippen LogP contribution < -0.4 is 5.73 Å². The van der Waals surface area contributed by atoms with Gasteiger partial charge in [-0.05, 0) is 19.9 Å². The Balaban J connectivity index is 2.05. The van der Waals surface area contributed by atoms with E-state index in [9.17, 15) is 0 Å². The molecule has 16 heavy (non-hydrogen) atoms. The Hall–Kier alpha value is -1.49. The van der Waals surface area contributed by atoms with Crippen molar-refractivity contribution < 1.29 is 4.42 Å². The van der Waals surface area contributed by atoms with E-state index in [1.165, 1.54) is 0 Å². The van der Waals surface area contributed by atoms with Gasteiger partial charge in [0.25, 0.3) is 0 Å². The largest absolute Gasteiger partial charge is 0.445 e. The zero-order chi connectivity index (χ0) is 11.5. The average molecular weight is 235 g/mol. The molecule has 0 fully saturated rings. The van der Waals surface area contributed by atoms with Crippen LogP contribution >= 0.6 is 11.8 Å². The number of thioether (sulfide) groups is 1. The van der Waals surface area contributed by atoms with Crippen LogP contribution in [0.2, 0.25) is 0 Å². The highest BCUT2D eigenvalue weighted by atomic mass is 32.2. The van der Waals surface area contributed by atoms with Crippen molar-refractivity contribution in [2.75, 3.05) is 5.73 Å². The molecule has 0 aromatic carbocycles. The fraction of sp³-hybridized carbons (Fsp3) is 0.273. The monoisotopic (exact) mass is 235 g/mol. The molecule has 0 saturated carbocycles. The lowest BCUT2D eigenvalue weighted by Gasteiger charge is -2.01. The molecule has 4 nitrogen and oxygen atoms in total. The summed E-state index contributed by atoms with van der Waals surface area (Å²) in [4.78, 5) is 9.26. The number of nitrogens with two attached hydrogens (primary N) is 1. The van der Waals surface area contributed by atoms with Crippen molar-refractivity contribution in [1.82, 2.24) is 9.97 Å². The van der Waals surface area contributed by atoms with Crippen LogP contribution in [0, 0.1) is 13.8 Å². The molecule has 2 aromatic rings. The lowest BCUT2D eigenvalue weighted by molar-refractivity contribution is 0.489. The second-order valence-electron chi connectivity index (χ2n) is 3.45. The zero-order valence-electron chi connectivity index (χ0n) is 9.23. The Morgan fingerprint density at radius 2 is 2.25 bits per heavy atom. The molecule has 2 heterocycles. The Bertz CT molecular complexity index is 476. The van der Waals surface area contributed by atoms with Crippen LogP contribution in [0.3, 0.4) is 0 Å². The van der Waals surface area contributed by atoms with E-state index in [1.54, 1.807) is 24.2 Å². The summed E-state index contributed by atoms with van der Waals surface area (Å²) in [5.74, 6) is 2.29. The van der Waals surface area contributed by atoms with Gasteiger partial charge < -0.3 is 10.2 Å². The summed E-state index contributed by atoms with van der Waals surface area (Å²) >= 11 is 1.60. The van der Waals surface area contributed by atoms with Gasteiger partial charge in [0.1, 0.15) is 5.76 Å². The second kappa shape index (κ2) is 4.57. The third-order valence-corrected chi connectivity index (χ3v) is 3.31. The molecule has 0 saturated heterocycles. The fourth-order valence-electron chi connectivity index (χ4n) is 1.27. The highest BCUT2D eigenvalue weighted by molar-refractivity contribution is 7.98. The quantitative estimate of drug-likeness (QED) is 0.828. The van der Waals surface area contributed by atoms with Gasteiger partial charge in [0.05, 0.1) is 23.3 Å². The van der Waals surface area contributed by atoms with Crippen molar-refractivity contribution in [1.29, 1.82) is 0 Å². The number of aryl methyl sites for hydroxylation is 2. The molecule has 0 amide bonds. The summed E-state index contributed by atoms with van der Waals surface area (Å²) < 4.78 is 5.49. The first-order valence-electron chi connectivity index (χ1n) is 4.92. The van der Waals surface area contributed by atoms with E-state index in [1.807, 2.05) is 19.9 Å². The van der Waals surface area contributed by atoms with E-state index in [2.05, 4.69) is 9.97 Å². The van der Waals surface area contributed by atoms with Crippen LogP contribution in [0.15, 0.2) is 27.8 Å². The minimum absolute atomic E-state index is 0.683. The number of oxazole rings is 1. The lowest BCUT2D eigenvalue weighted by atomic mass is 10.4. The smallest absolute Gasteiger partial charge is 0.204 e. The van der Waals surface area contributed by atoms with Crippen molar-refractivity contribution in [3.8, 4) is 0 Å². The van der Waals surface area contributed by atoms with Crippen LogP contribution in [0.1, 0.15) is 17.3 Å². The van der Waals surface area contributed by atoms with Crippen LogP contribution in [-0.2, 0) is 5.75 Å². The molecule has 0 aliphatic carbocycles. The topological polar surface area (TPSA) is 64.9 Å². The number of rotatable bonds is 3. The first kappa shape index (κ1) is 11.0. The van der Waals surface area contributed by atoms with Crippen molar-refractivity contribution in [3.63, 3.8) is 0 Å². The molecular weight excluding hydrogens is 222 g/mol. The molecule has 0 spiro atoms. The number of nitrogens with zero attached hydrogens (tertiary/aromatic N) is 2. The van der Waals surface area contributed by atoms with Crippen molar-refractivity contribution >= 4 is 17.4 Å². The van der Waals surface area contributed by atoms with Crippen molar-refractivity contribution in [2.24, 2.45) is 0 Å². The van der Waals surface area contributed by atoms with Gasteiger partial charge in [0.2, 0.25) is 5.89 Å². The van der Waals surface area contributed by atoms with Gasteiger partial charge in [-0.25, -0.2) is 4.98 Å². The molecule has 0 bridgehead atoms. The molecule has 84 valence electrons. The summed E-state index contributed by atoms with van der Waals surface area (Å²) in [5, 5.41) is 0. The first-order chi connectivity index (χ1) is 7.66. The summed E-state index contributed by atoms with van der Waals surface area (Å²) in [5.41, 5.74) is 7.42. The molecule has 0 radical (unpaired) electrons. The second-order valence-corrected chi connectivity index (χ2v) is 4.47. The van der Waals surface area contributed by atoms with Crippen LogP contribution in [-0.4, -0.2) is 9.97 Å². The Morgan fingerprint density at radius 3 is 2.88 bits per heavy atom. The van der Waals surface area contributed by atoms with E-state index in [4.69, 9.17) is 10.2 Å². The number of nitrogen functional groups attached to an aromatic ring is 1. The number of anilines is 1. The van der Waals surface area contributed by atoms with Crippen LogP contribution in [0.5, 0.6) is 0 Å². The predicted molar refractivity (Wildman–Crippen MR) is 64.2 cm³/mol. The summed E-state index contributed by atoms with van der Waals surface area (Å²) in [7, 11) is 0. The average Bonchev–Trinajstić information content (AvgIpc) is 2.57. The van der Waals surface area contributed by atoms with Crippen LogP contribution in [0.4, 0.5) is 5.69 Å². The highest BCUT2D eigenvalue weighted by Gasteiger charge is 2.07. The maximum Gasteiger partial charge on any atom is 0.204 e. The van der Waals surface area contributed by atoms with E-state index in [0.717, 1.165) is 22.2 Å². The first-order valence-corrected chi connectivity index (χ1v) is 5.90. The fourth-order valence-corrected chi connectivity index (χ4v) is 2.04. The normalized spacial score (nSPS) is 10.6. The van der Waals surface area contributed by atoms with Crippen LogP contribution in [0.25, 0.3) is 0 Å². The molecule has 2 aromatic heterocycles. The van der Waals surface area contributed by atoms with Gasteiger partial charge in [0, 0.05) is 11.1 Å². The number of hydrogen-bond donors (Lipinski definition) is 1. The Morgan fingerprint density at radius 1 is 1.44 bits per heavy atom. The standard InChI is InChI=1S/C11H13N3OS/c1-7-8(2)15-11(14-7)6-16-10-3-4-13-5-9(10)12/h3-5H,6,12H2,1-2H3. The maximum atomic E-state index is 5.79. The summed E-state index contributed by atoms with van der Waals surface area (Å²) in [6.45, 7) is 3.85. The molecule has 0 unspecified atom stereocenters. The van der Waals surface area contributed by atoms with Crippen molar-refractivity contribution in [3.05, 3.63) is 35.8 Å². The number of aromatic nitrogens is 2. The molecule has 0 aliphatic heterocycles. The zero-order valence-corrected chi connectivity index (χ0v) is 10.0. The van der Waals surface area contributed by atoms with Gasteiger partial charge in [-0.15, -0.1) is 11.8 Å². The van der Waals surface area contributed by atoms with Gasteiger partial charge >= 0.3 is 0 Å². The van der Waals surface area contributed by atoms with E-state index < -0.39 is 0 Å². The van der Waals surface area contributed by atoms with Gasteiger partial charge in [-0.2, -0.15) is 0 Å². The summed E-state index contributed by atoms with van der Waals surface area (Å²) in [6.07, 6.45) is 3.37. The Labute approximate surface area is 98.3 Å². The molecule has 0 aliphatic rings. The third kappa shape index (κ3) is 2.36. The molecule has 2 rings (SSSR count). The van der Waals surface area contributed by atoms with Crippen molar-refractivity contribution in [2.45, 2.75) is 24.5 Å². The SMILES string of the molecule is Cc1nc(CSc2ccncc2N)oc1C. The summed E-state index contributed by atoms with van der Waals surface area (Å²) in [6, 6.07) is 1.89. The lowest BCUT2D eigenvalue weighted by Crippen LogP contribution is -1.90. The van der Waals surface area contributed by atoms with E-state index >= 15 is 0 Å². The highest BCUT2D eigenvalue weighted by Crippen LogP contribution is 2.27. The van der Waals surface area contributed by atoms with Gasteiger partial charge in [0.15, 0.2) is 0 Å². The van der Waals surface area contributed by atoms with Gasteiger partial charge in [-0.1, -0.05) is 0 Å². The van der Waals surface area contributed by atoms with Gasteiger partial charge in [-0.3, -0.25) is 4.98 Å². The molecule has 2 N–H and O–H groups in total.